The molecule has 2 nitrogen and oxygen atoms in total. The van der Waals surface area contributed by atoms with Crippen molar-refractivity contribution in [3.05, 3.63) is 30.1 Å². The number of rotatable bonds is 2. The second-order valence-electron chi connectivity index (χ2n) is 1.95. The lowest BCUT2D eigenvalue weighted by molar-refractivity contribution is 0.295. The van der Waals surface area contributed by atoms with Crippen molar-refractivity contribution in [3.8, 4) is 0 Å². The number of aromatic nitrogens is 1. The van der Waals surface area contributed by atoms with E-state index < -0.39 is 0 Å². The highest BCUT2D eigenvalue weighted by atomic mass is 32.1. The maximum absolute atomic E-state index is 8.67. The lowest BCUT2D eigenvalue weighted by Gasteiger charge is -2.03. The summed E-state index contributed by atoms with van der Waals surface area (Å²) in [5.41, 5.74) is 0.813. The number of hydrogen-bond acceptors (Lipinski definition) is 3. The normalized spacial score (nSPS) is 13.0. The van der Waals surface area contributed by atoms with Crippen molar-refractivity contribution in [2.75, 3.05) is 6.61 Å². The minimum atomic E-state index is -0.152. The van der Waals surface area contributed by atoms with E-state index in [0.29, 0.717) is 0 Å². The molecule has 3 heteroatoms. The minimum Gasteiger partial charge on any atom is -0.395 e. The molecule has 0 amide bonds. The molecule has 0 aliphatic heterocycles. The van der Waals surface area contributed by atoms with Gasteiger partial charge >= 0.3 is 0 Å². The average molecular weight is 155 g/mol. The summed E-state index contributed by atoms with van der Waals surface area (Å²) in [6.45, 7) is 0.0279. The van der Waals surface area contributed by atoms with Crippen LogP contribution in [0.25, 0.3) is 0 Å². The highest BCUT2D eigenvalue weighted by molar-refractivity contribution is 7.80. The molecule has 0 aliphatic rings. The zero-order valence-corrected chi connectivity index (χ0v) is 6.33. The lowest BCUT2D eigenvalue weighted by Crippen LogP contribution is -1.97. The third-order valence-corrected chi connectivity index (χ3v) is 1.63. The Bertz CT molecular complexity index is 190. The molecule has 1 rings (SSSR count). The zero-order valence-electron chi connectivity index (χ0n) is 5.44. The van der Waals surface area contributed by atoms with Crippen LogP contribution < -0.4 is 0 Å². The molecule has 0 radical (unpaired) electrons. The number of aliphatic hydroxyl groups is 1. The quantitative estimate of drug-likeness (QED) is 0.626. The molecule has 0 bridgehead atoms. The fraction of sp³-hybridized carbons (Fsp3) is 0.286. The molecule has 0 aliphatic carbocycles. The predicted molar refractivity (Wildman–Crippen MR) is 43.0 cm³/mol. The van der Waals surface area contributed by atoms with Gasteiger partial charge in [-0.05, 0) is 12.1 Å². The number of aliphatic hydroxyl groups excluding tert-OH is 1. The van der Waals surface area contributed by atoms with Gasteiger partial charge in [-0.3, -0.25) is 4.98 Å². The van der Waals surface area contributed by atoms with Crippen LogP contribution in [0, 0.1) is 0 Å². The zero-order chi connectivity index (χ0) is 7.40. The Morgan fingerprint density at radius 2 is 2.40 bits per heavy atom. The van der Waals surface area contributed by atoms with E-state index in [1.165, 1.54) is 0 Å². The van der Waals surface area contributed by atoms with Crippen LogP contribution >= 0.6 is 12.6 Å². The maximum Gasteiger partial charge on any atom is 0.0670 e. The largest absolute Gasteiger partial charge is 0.395 e. The van der Waals surface area contributed by atoms with Crippen LogP contribution in [0.15, 0.2) is 24.4 Å². The molecule has 1 atom stereocenters. The van der Waals surface area contributed by atoms with Gasteiger partial charge in [0.2, 0.25) is 0 Å². The molecule has 54 valence electrons. The molecule has 0 aromatic carbocycles. The summed E-state index contributed by atoms with van der Waals surface area (Å²) in [5.74, 6) is 0. The second-order valence-corrected chi connectivity index (χ2v) is 2.58. The summed E-state index contributed by atoms with van der Waals surface area (Å²) >= 11 is 4.11. The first-order chi connectivity index (χ1) is 4.84. The van der Waals surface area contributed by atoms with E-state index in [9.17, 15) is 0 Å². The van der Waals surface area contributed by atoms with Gasteiger partial charge in [0.1, 0.15) is 0 Å². The van der Waals surface area contributed by atoms with Gasteiger partial charge in [0.15, 0.2) is 0 Å². The Morgan fingerprint density at radius 1 is 1.60 bits per heavy atom. The molecule has 0 spiro atoms. The molecule has 0 saturated heterocycles. The van der Waals surface area contributed by atoms with E-state index in [-0.39, 0.29) is 11.9 Å². The third-order valence-electron chi connectivity index (χ3n) is 1.20. The van der Waals surface area contributed by atoms with Crippen LogP contribution in [-0.4, -0.2) is 16.7 Å². The lowest BCUT2D eigenvalue weighted by atomic mass is 10.3. The summed E-state index contributed by atoms with van der Waals surface area (Å²) in [6, 6.07) is 5.55. The Balaban J connectivity index is 2.75. The number of hydrogen-bond donors (Lipinski definition) is 2. The van der Waals surface area contributed by atoms with Gasteiger partial charge in [0, 0.05) is 6.20 Å². The van der Waals surface area contributed by atoms with Crippen molar-refractivity contribution >= 4 is 12.6 Å². The first kappa shape index (κ1) is 7.57. The Kier molecular flexibility index (Phi) is 2.71. The molecular weight excluding hydrogens is 146 g/mol. The van der Waals surface area contributed by atoms with Gasteiger partial charge in [-0.15, -0.1) is 0 Å². The summed E-state index contributed by atoms with van der Waals surface area (Å²) in [7, 11) is 0. The molecule has 0 saturated carbocycles. The Labute approximate surface area is 65.3 Å². The number of nitrogens with zero attached hydrogens (tertiary/aromatic N) is 1. The third kappa shape index (κ3) is 1.72. The van der Waals surface area contributed by atoms with Gasteiger partial charge in [-0.1, -0.05) is 6.07 Å². The smallest absolute Gasteiger partial charge is 0.0670 e. The van der Waals surface area contributed by atoms with E-state index in [1.54, 1.807) is 6.20 Å². The van der Waals surface area contributed by atoms with E-state index >= 15 is 0 Å². The van der Waals surface area contributed by atoms with Gasteiger partial charge in [-0.25, -0.2) is 0 Å². The van der Waals surface area contributed by atoms with Crippen LogP contribution in [0.2, 0.25) is 0 Å². The summed E-state index contributed by atoms with van der Waals surface area (Å²) in [4.78, 5) is 4.01. The molecular formula is C7H9NOS. The fourth-order valence-corrected chi connectivity index (χ4v) is 0.819. The highest BCUT2D eigenvalue weighted by Gasteiger charge is 2.03. The topological polar surface area (TPSA) is 33.1 Å². The van der Waals surface area contributed by atoms with Crippen LogP contribution in [0.4, 0.5) is 0 Å². The average Bonchev–Trinajstić information content (AvgIpc) is 2.05. The van der Waals surface area contributed by atoms with Crippen molar-refractivity contribution in [3.63, 3.8) is 0 Å². The molecule has 1 aromatic rings. The van der Waals surface area contributed by atoms with Gasteiger partial charge in [0.05, 0.1) is 17.6 Å². The molecule has 0 fully saturated rings. The Morgan fingerprint density at radius 3 is 2.90 bits per heavy atom. The van der Waals surface area contributed by atoms with Crippen molar-refractivity contribution in [1.29, 1.82) is 0 Å². The molecule has 1 heterocycles. The Hall–Kier alpha value is -0.540. The van der Waals surface area contributed by atoms with Gasteiger partial charge in [0.25, 0.3) is 0 Å². The van der Waals surface area contributed by atoms with E-state index in [1.807, 2.05) is 18.2 Å². The summed E-state index contributed by atoms with van der Waals surface area (Å²) in [5, 5.41) is 8.52. The van der Waals surface area contributed by atoms with Crippen molar-refractivity contribution in [1.82, 2.24) is 4.98 Å². The van der Waals surface area contributed by atoms with Crippen molar-refractivity contribution in [2.24, 2.45) is 0 Å². The van der Waals surface area contributed by atoms with Gasteiger partial charge < -0.3 is 5.11 Å². The predicted octanol–water partition coefficient (Wildman–Crippen LogP) is 1.04. The SMILES string of the molecule is OC[C@@H](S)c1ccccn1. The highest BCUT2D eigenvalue weighted by Crippen LogP contribution is 2.14. The molecule has 0 unspecified atom stereocenters. The van der Waals surface area contributed by atoms with Gasteiger partial charge in [-0.2, -0.15) is 12.6 Å². The van der Waals surface area contributed by atoms with Crippen LogP contribution in [0.3, 0.4) is 0 Å². The van der Waals surface area contributed by atoms with E-state index in [0.717, 1.165) is 5.69 Å². The standard InChI is InChI=1S/C7H9NOS/c9-5-7(10)6-3-1-2-4-8-6/h1-4,7,9-10H,5H2/t7-/m1/s1. The monoisotopic (exact) mass is 155 g/mol. The van der Waals surface area contributed by atoms with E-state index in [4.69, 9.17) is 5.11 Å². The minimum absolute atomic E-state index is 0.0279. The first-order valence-corrected chi connectivity index (χ1v) is 3.56. The summed E-state index contributed by atoms with van der Waals surface area (Å²) < 4.78 is 0. The first-order valence-electron chi connectivity index (χ1n) is 3.04. The fourth-order valence-electron chi connectivity index (χ4n) is 0.667. The van der Waals surface area contributed by atoms with Crippen molar-refractivity contribution < 1.29 is 5.11 Å². The van der Waals surface area contributed by atoms with Crippen LogP contribution in [0.1, 0.15) is 10.9 Å². The molecule has 1 N–H and O–H groups in total. The van der Waals surface area contributed by atoms with Crippen LogP contribution in [0.5, 0.6) is 0 Å². The second kappa shape index (κ2) is 3.58. The number of thiol groups is 1. The van der Waals surface area contributed by atoms with E-state index in [2.05, 4.69) is 17.6 Å². The molecule has 10 heavy (non-hydrogen) atoms. The molecule has 1 aromatic heterocycles. The summed E-state index contributed by atoms with van der Waals surface area (Å²) in [6.07, 6.45) is 1.69. The van der Waals surface area contributed by atoms with Crippen molar-refractivity contribution in [2.45, 2.75) is 5.25 Å². The van der Waals surface area contributed by atoms with Crippen LogP contribution in [-0.2, 0) is 0 Å². The maximum atomic E-state index is 8.67. The number of pyridine rings is 1.